The Kier molecular flexibility index (Phi) is 3.27. The molecule has 0 bridgehead atoms. The van der Waals surface area contributed by atoms with Gasteiger partial charge in [-0.25, -0.2) is 4.79 Å². The molecule has 0 rings (SSSR count). The average molecular weight is 147 g/mol. The molecule has 0 aliphatic heterocycles. The maximum Gasteiger partial charge on any atom is 0.355 e. The maximum absolute atomic E-state index is 10.0. The van der Waals surface area contributed by atoms with E-state index in [1.54, 1.807) is 0 Å². The minimum Gasteiger partial charge on any atom is -0.507 e. The van der Waals surface area contributed by atoms with Crippen molar-refractivity contribution in [3.63, 3.8) is 0 Å². The van der Waals surface area contributed by atoms with Gasteiger partial charge in [-0.1, -0.05) is 0 Å². The lowest BCUT2D eigenvalue weighted by Gasteiger charge is -1.99. The van der Waals surface area contributed by atoms with Crippen LogP contribution in [0.25, 0.3) is 0 Å². The van der Waals surface area contributed by atoms with Crippen molar-refractivity contribution < 1.29 is 19.7 Å². The van der Waals surface area contributed by atoms with Crippen LogP contribution in [0.5, 0.6) is 0 Å². The summed E-state index contributed by atoms with van der Waals surface area (Å²) in [5.74, 6) is -1.82. The van der Waals surface area contributed by atoms with Crippen LogP contribution in [0.2, 0.25) is 0 Å². The first-order chi connectivity index (χ1) is 4.59. The number of methoxy groups -OCH3 is 1. The number of rotatable bonds is 3. The fourth-order valence-corrected chi connectivity index (χ4v) is 0.338. The van der Waals surface area contributed by atoms with Gasteiger partial charge in [-0.15, -0.1) is 0 Å². The van der Waals surface area contributed by atoms with E-state index in [-0.39, 0.29) is 6.61 Å². The molecule has 0 aromatic heterocycles. The molecular formula is C5H9NO4. The number of hydrogen-bond donors (Lipinski definition) is 3. The molecule has 0 aliphatic carbocycles. The predicted octanol–water partition coefficient (Wildman–Crippen LogP) is -0.554. The molecule has 0 aromatic carbocycles. The number of nitrogens with two attached hydrogens (primary N) is 1. The molecule has 0 aromatic rings. The van der Waals surface area contributed by atoms with Crippen molar-refractivity contribution in [2.24, 2.45) is 5.73 Å². The summed E-state index contributed by atoms with van der Waals surface area (Å²) in [4.78, 5) is 10.0. The van der Waals surface area contributed by atoms with E-state index in [2.05, 4.69) is 4.74 Å². The second kappa shape index (κ2) is 3.73. The monoisotopic (exact) mass is 147 g/mol. The Hall–Kier alpha value is -1.23. The number of ether oxygens (including phenoxy) is 1. The van der Waals surface area contributed by atoms with Crippen LogP contribution < -0.4 is 5.73 Å². The van der Waals surface area contributed by atoms with Crippen LogP contribution in [0.15, 0.2) is 11.5 Å². The molecule has 4 N–H and O–H groups in total. The van der Waals surface area contributed by atoms with Crippen LogP contribution in [0.3, 0.4) is 0 Å². The van der Waals surface area contributed by atoms with E-state index < -0.39 is 17.4 Å². The molecule has 0 amide bonds. The summed E-state index contributed by atoms with van der Waals surface area (Å²) in [7, 11) is 1.32. The van der Waals surface area contributed by atoms with Gasteiger partial charge in [0.25, 0.3) is 0 Å². The molecule has 10 heavy (non-hydrogen) atoms. The van der Waals surface area contributed by atoms with Crippen LogP contribution in [0.4, 0.5) is 0 Å². The van der Waals surface area contributed by atoms with Gasteiger partial charge in [-0.05, 0) is 0 Å². The fraction of sp³-hybridized carbons (Fsp3) is 0.400. The first-order valence-electron chi connectivity index (χ1n) is 2.49. The maximum atomic E-state index is 10.0. The van der Waals surface area contributed by atoms with Gasteiger partial charge in [-0.2, -0.15) is 0 Å². The summed E-state index contributed by atoms with van der Waals surface area (Å²) in [5, 5.41) is 16.9. The van der Waals surface area contributed by atoms with Crippen molar-refractivity contribution in [2.45, 2.75) is 0 Å². The molecule has 58 valence electrons. The summed E-state index contributed by atoms with van der Waals surface area (Å²) in [6.07, 6.45) is 0. The van der Waals surface area contributed by atoms with Crippen molar-refractivity contribution >= 4 is 5.97 Å². The average Bonchev–Trinajstić information content (AvgIpc) is 1.87. The molecule has 0 unspecified atom stereocenters. The summed E-state index contributed by atoms with van der Waals surface area (Å²) in [6.45, 7) is -0.182. The Morgan fingerprint density at radius 1 is 1.60 bits per heavy atom. The third-order valence-corrected chi connectivity index (χ3v) is 0.822. The van der Waals surface area contributed by atoms with Crippen molar-refractivity contribution in [2.75, 3.05) is 13.7 Å². The minimum absolute atomic E-state index is 0.182. The van der Waals surface area contributed by atoms with Crippen LogP contribution in [0, 0.1) is 0 Å². The zero-order valence-electron chi connectivity index (χ0n) is 5.50. The second-order valence-corrected chi connectivity index (χ2v) is 1.60. The zero-order valence-corrected chi connectivity index (χ0v) is 5.50. The van der Waals surface area contributed by atoms with Crippen LogP contribution in [0.1, 0.15) is 0 Å². The third kappa shape index (κ3) is 2.36. The standard InChI is InChI=1S/C5H9NO4/c1-10-2-3(7)4(6)5(8)9/h7H,2,6H2,1H3,(H,8,9)/b4-3+. The van der Waals surface area contributed by atoms with E-state index in [1.807, 2.05) is 0 Å². The third-order valence-electron chi connectivity index (χ3n) is 0.822. The number of carbonyl (C=O) groups is 1. The number of aliphatic carboxylic acids is 1. The number of aliphatic hydroxyl groups is 1. The lowest BCUT2D eigenvalue weighted by atomic mass is 10.4. The summed E-state index contributed by atoms with van der Waals surface area (Å²) < 4.78 is 4.42. The molecule has 0 heterocycles. The van der Waals surface area contributed by atoms with Crippen LogP contribution in [-0.2, 0) is 9.53 Å². The number of carboxylic acid groups (broad SMARTS) is 1. The quantitative estimate of drug-likeness (QED) is 0.367. The van der Waals surface area contributed by atoms with Crippen molar-refractivity contribution in [3.05, 3.63) is 11.5 Å². The molecule has 0 saturated carbocycles. The van der Waals surface area contributed by atoms with Gasteiger partial charge in [0.05, 0.1) is 0 Å². The van der Waals surface area contributed by atoms with Crippen LogP contribution >= 0.6 is 0 Å². The second-order valence-electron chi connectivity index (χ2n) is 1.60. The van der Waals surface area contributed by atoms with Gasteiger partial charge in [0.2, 0.25) is 0 Å². The molecule has 0 atom stereocenters. The van der Waals surface area contributed by atoms with Gasteiger partial charge >= 0.3 is 5.97 Å². The summed E-state index contributed by atoms with van der Waals surface area (Å²) in [6, 6.07) is 0. The Morgan fingerprint density at radius 3 is 2.40 bits per heavy atom. The number of hydrogen-bond acceptors (Lipinski definition) is 4. The minimum atomic E-state index is -1.35. The van der Waals surface area contributed by atoms with Gasteiger partial charge in [-0.3, -0.25) is 0 Å². The van der Waals surface area contributed by atoms with Gasteiger partial charge in [0.15, 0.2) is 5.70 Å². The first-order valence-corrected chi connectivity index (χ1v) is 2.49. The highest BCUT2D eigenvalue weighted by Gasteiger charge is 2.07. The molecule has 0 spiro atoms. The van der Waals surface area contributed by atoms with Gasteiger partial charge < -0.3 is 20.7 Å². The topological polar surface area (TPSA) is 92.8 Å². The summed E-state index contributed by atoms with van der Waals surface area (Å²) >= 11 is 0. The number of carboxylic acids is 1. The first kappa shape index (κ1) is 8.77. The van der Waals surface area contributed by atoms with E-state index in [9.17, 15) is 4.79 Å². The normalized spacial score (nSPS) is 12.5. The lowest BCUT2D eigenvalue weighted by Crippen LogP contribution is -2.15. The molecule has 0 fully saturated rings. The highest BCUT2D eigenvalue weighted by molar-refractivity contribution is 5.85. The van der Waals surface area contributed by atoms with Gasteiger partial charge in [0, 0.05) is 7.11 Å². The van der Waals surface area contributed by atoms with E-state index in [0.29, 0.717) is 0 Å². The van der Waals surface area contributed by atoms with E-state index in [0.717, 1.165) is 0 Å². The largest absolute Gasteiger partial charge is 0.507 e. The molecule has 0 radical (unpaired) electrons. The molecule has 0 saturated heterocycles. The van der Waals surface area contributed by atoms with Crippen molar-refractivity contribution in [3.8, 4) is 0 Å². The highest BCUT2D eigenvalue weighted by Crippen LogP contribution is 1.93. The molecular weight excluding hydrogens is 138 g/mol. The fourth-order valence-electron chi connectivity index (χ4n) is 0.338. The Labute approximate surface area is 57.7 Å². The Balaban J connectivity index is 4.19. The van der Waals surface area contributed by atoms with Gasteiger partial charge in [0.1, 0.15) is 12.4 Å². The van der Waals surface area contributed by atoms with Crippen molar-refractivity contribution in [1.82, 2.24) is 0 Å². The Morgan fingerprint density at radius 2 is 2.10 bits per heavy atom. The Bertz CT molecular complexity index is 163. The molecule has 5 nitrogen and oxygen atoms in total. The zero-order chi connectivity index (χ0) is 8.15. The highest BCUT2D eigenvalue weighted by atomic mass is 16.5. The van der Waals surface area contributed by atoms with E-state index in [4.69, 9.17) is 15.9 Å². The predicted molar refractivity (Wildman–Crippen MR) is 33.4 cm³/mol. The molecule has 5 heteroatoms. The van der Waals surface area contributed by atoms with E-state index >= 15 is 0 Å². The smallest absolute Gasteiger partial charge is 0.355 e. The molecule has 0 aliphatic rings. The summed E-state index contributed by atoms with van der Waals surface area (Å²) in [5.41, 5.74) is 4.31. The SMILES string of the molecule is COC/C(O)=C(\N)C(=O)O. The van der Waals surface area contributed by atoms with Crippen LogP contribution in [-0.4, -0.2) is 29.9 Å². The lowest BCUT2D eigenvalue weighted by molar-refractivity contribution is -0.133. The van der Waals surface area contributed by atoms with Crippen molar-refractivity contribution in [1.29, 1.82) is 0 Å². The number of aliphatic hydroxyl groups excluding tert-OH is 1. The van der Waals surface area contributed by atoms with E-state index in [1.165, 1.54) is 7.11 Å².